The van der Waals surface area contributed by atoms with E-state index in [4.69, 9.17) is 0 Å². The zero-order valence-corrected chi connectivity index (χ0v) is 11.6. The van der Waals surface area contributed by atoms with Crippen LogP contribution in [0.1, 0.15) is 42.9 Å². The van der Waals surface area contributed by atoms with Gasteiger partial charge in [0.2, 0.25) is 0 Å². The Kier molecular flexibility index (Phi) is 4.04. The van der Waals surface area contributed by atoms with E-state index in [1.165, 1.54) is 56.4 Å². The molecule has 1 aromatic carbocycles. The summed E-state index contributed by atoms with van der Waals surface area (Å²) in [6.45, 7) is 4.93. The van der Waals surface area contributed by atoms with Crippen LogP contribution in [0.5, 0.6) is 5.75 Å². The minimum atomic E-state index is 0.397. The van der Waals surface area contributed by atoms with Gasteiger partial charge in [-0.1, -0.05) is 6.07 Å². The zero-order valence-electron chi connectivity index (χ0n) is 11.6. The molecule has 3 heteroatoms. The molecule has 1 unspecified atom stereocenters. The van der Waals surface area contributed by atoms with Crippen LogP contribution in [0, 0.1) is 0 Å². The lowest BCUT2D eigenvalue weighted by molar-refractivity contribution is 0.327. The van der Waals surface area contributed by atoms with Gasteiger partial charge < -0.3 is 15.3 Å². The monoisotopic (exact) mass is 260 g/mol. The summed E-state index contributed by atoms with van der Waals surface area (Å²) in [5, 5.41) is 13.2. The number of nitrogens with zero attached hydrogens (tertiary/aromatic N) is 1. The van der Waals surface area contributed by atoms with E-state index in [-0.39, 0.29) is 0 Å². The standard InChI is InChI=1S/C16H24N2O/c19-14-5-6-15-13(12-14)4-7-16(15)17-8-3-11-18-9-1-2-10-18/h5-6,12,16-17,19H,1-4,7-11H2. The molecule has 1 saturated heterocycles. The van der Waals surface area contributed by atoms with Crippen molar-refractivity contribution in [2.45, 2.75) is 38.1 Å². The molecule has 1 aliphatic carbocycles. The lowest BCUT2D eigenvalue weighted by Crippen LogP contribution is -2.26. The fourth-order valence-electron chi connectivity index (χ4n) is 3.40. The SMILES string of the molecule is Oc1ccc2c(c1)CCC2NCCCN1CCCC1. The molecule has 104 valence electrons. The number of hydrogen-bond donors (Lipinski definition) is 2. The van der Waals surface area contributed by atoms with Gasteiger partial charge in [-0.05, 0) is 81.5 Å². The van der Waals surface area contributed by atoms with Gasteiger partial charge in [-0.25, -0.2) is 0 Å². The first-order valence-electron chi connectivity index (χ1n) is 7.60. The van der Waals surface area contributed by atoms with E-state index in [0.29, 0.717) is 11.8 Å². The average Bonchev–Trinajstić information content (AvgIpc) is 3.03. The maximum Gasteiger partial charge on any atom is 0.115 e. The molecule has 1 atom stereocenters. The first kappa shape index (κ1) is 12.9. The van der Waals surface area contributed by atoms with Crippen molar-refractivity contribution in [3.8, 4) is 5.75 Å². The van der Waals surface area contributed by atoms with Gasteiger partial charge in [-0.2, -0.15) is 0 Å². The normalized spacial score (nSPS) is 22.8. The lowest BCUT2D eigenvalue weighted by Gasteiger charge is -2.17. The van der Waals surface area contributed by atoms with E-state index in [1.807, 2.05) is 12.1 Å². The molecule has 3 nitrogen and oxygen atoms in total. The third-order valence-electron chi connectivity index (χ3n) is 4.44. The van der Waals surface area contributed by atoms with Gasteiger partial charge in [-0.3, -0.25) is 0 Å². The number of aryl methyl sites for hydroxylation is 1. The zero-order chi connectivity index (χ0) is 13.1. The molecule has 0 saturated carbocycles. The second-order valence-corrected chi connectivity index (χ2v) is 5.83. The van der Waals surface area contributed by atoms with Crippen molar-refractivity contribution < 1.29 is 5.11 Å². The Labute approximate surface area is 115 Å². The molecule has 1 aliphatic heterocycles. The predicted molar refractivity (Wildman–Crippen MR) is 77.5 cm³/mol. The van der Waals surface area contributed by atoms with Crippen LogP contribution in [0.15, 0.2) is 18.2 Å². The lowest BCUT2D eigenvalue weighted by atomic mass is 10.1. The number of likely N-dealkylation sites (tertiary alicyclic amines) is 1. The van der Waals surface area contributed by atoms with E-state index in [9.17, 15) is 5.11 Å². The molecule has 0 amide bonds. The predicted octanol–water partition coefficient (Wildman–Crippen LogP) is 2.46. The van der Waals surface area contributed by atoms with E-state index in [0.717, 1.165) is 13.0 Å². The number of phenolic OH excluding ortho intramolecular Hbond substituents is 1. The summed E-state index contributed by atoms with van der Waals surface area (Å²) in [7, 11) is 0. The first-order chi connectivity index (χ1) is 9.33. The number of aromatic hydroxyl groups is 1. The van der Waals surface area contributed by atoms with Crippen molar-refractivity contribution in [2.24, 2.45) is 0 Å². The molecule has 19 heavy (non-hydrogen) atoms. The summed E-state index contributed by atoms with van der Waals surface area (Å²) in [4.78, 5) is 2.57. The largest absolute Gasteiger partial charge is 0.508 e. The molecule has 0 aromatic heterocycles. The molecule has 0 bridgehead atoms. The summed E-state index contributed by atoms with van der Waals surface area (Å²) < 4.78 is 0. The minimum Gasteiger partial charge on any atom is -0.508 e. The van der Waals surface area contributed by atoms with Crippen LogP contribution in [0.2, 0.25) is 0 Å². The van der Waals surface area contributed by atoms with Crippen LogP contribution in [0.25, 0.3) is 0 Å². The Morgan fingerprint density at radius 3 is 2.95 bits per heavy atom. The summed E-state index contributed by atoms with van der Waals surface area (Å²) in [5.41, 5.74) is 2.70. The molecule has 1 heterocycles. The molecule has 1 aromatic rings. The highest BCUT2D eigenvalue weighted by atomic mass is 16.3. The van der Waals surface area contributed by atoms with E-state index < -0.39 is 0 Å². The highest BCUT2D eigenvalue weighted by molar-refractivity contribution is 5.39. The van der Waals surface area contributed by atoms with E-state index >= 15 is 0 Å². The third-order valence-corrected chi connectivity index (χ3v) is 4.44. The fourth-order valence-corrected chi connectivity index (χ4v) is 3.40. The van der Waals surface area contributed by atoms with Gasteiger partial charge in [-0.15, -0.1) is 0 Å². The molecule has 0 spiro atoms. The summed E-state index contributed by atoms with van der Waals surface area (Å²) >= 11 is 0. The molecular formula is C16H24N2O. The number of hydrogen-bond acceptors (Lipinski definition) is 3. The number of benzene rings is 1. The number of phenols is 1. The third kappa shape index (κ3) is 3.10. The molecular weight excluding hydrogens is 236 g/mol. The van der Waals surface area contributed by atoms with Crippen molar-refractivity contribution in [1.29, 1.82) is 0 Å². The fraction of sp³-hybridized carbons (Fsp3) is 0.625. The molecule has 2 N–H and O–H groups in total. The quantitative estimate of drug-likeness (QED) is 0.798. The second kappa shape index (κ2) is 5.93. The van der Waals surface area contributed by atoms with Gasteiger partial charge in [0, 0.05) is 6.04 Å². The van der Waals surface area contributed by atoms with Gasteiger partial charge in [0.05, 0.1) is 0 Å². The summed E-state index contributed by atoms with van der Waals surface area (Å²) in [6.07, 6.45) is 6.26. The van der Waals surface area contributed by atoms with Crippen LogP contribution in [0.4, 0.5) is 0 Å². The maximum atomic E-state index is 9.49. The Bertz CT molecular complexity index is 427. The van der Waals surface area contributed by atoms with Gasteiger partial charge in [0.1, 0.15) is 5.75 Å². The number of nitrogens with one attached hydrogen (secondary N) is 1. The van der Waals surface area contributed by atoms with Crippen LogP contribution in [0.3, 0.4) is 0 Å². The van der Waals surface area contributed by atoms with Crippen molar-refractivity contribution in [2.75, 3.05) is 26.2 Å². The molecule has 2 aliphatic rings. The van der Waals surface area contributed by atoms with Crippen molar-refractivity contribution >= 4 is 0 Å². The smallest absolute Gasteiger partial charge is 0.115 e. The topological polar surface area (TPSA) is 35.5 Å². The maximum absolute atomic E-state index is 9.49. The van der Waals surface area contributed by atoms with E-state index in [2.05, 4.69) is 16.3 Å². The highest BCUT2D eigenvalue weighted by Gasteiger charge is 2.22. The van der Waals surface area contributed by atoms with Crippen LogP contribution >= 0.6 is 0 Å². The van der Waals surface area contributed by atoms with Gasteiger partial charge in [0.25, 0.3) is 0 Å². The van der Waals surface area contributed by atoms with Crippen molar-refractivity contribution in [3.05, 3.63) is 29.3 Å². The van der Waals surface area contributed by atoms with Gasteiger partial charge in [0.15, 0.2) is 0 Å². The average molecular weight is 260 g/mol. The Balaban J connectivity index is 1.44. The number of fused-ring (bicyclic) bond motifs is 1. The second-order valence-electron chi connectivity index (χ2n) is 5.83. The first-order valence-corrected chi connectivity index (χ1v) is 7.60. The Hall–Kier alpha value is -1.06. The molecule has 1 fully saturated rings. The highest BCUT2D eigenvalue weighted by Crippen LogP contribution is 2.33. The summed E-state index contributed by atoms with van der Waals surface area (Å²) in [6, 6.07) is 6.30. The Morgan fingerprint density at radius 2 is 2.11 bits per heavy atom. The summed E-state index contributed by atoms with van der Waals surface area (Å²) in [5.74, 6) is 0.397. The molecule has 0 radical (unpaired) electrons. The van der Waals surface area contributed by atoms with Crippen LogP contribution in [-0.4, -0.2) is 36.2 Å². The molecule has 3 rings (SSSR count). The van der Waals surface area contributed by atoms with Crippen LogP contribution in [-0.2, 0) is 6.42 Å². The Morgan fingerprint density at radius 1 is 1.26 bits per heavy atom. The van der Waals surface area contributed by atoms with Gasteiger partial charge >= 0.3 is 0 Å². The van der Waals surface area contributed by atoms with Crippen LogP contribution < -0.4 is 5.32 Å². The van der Waals surface area contributed by atoms with E-state index in [1.54, 1.807) is 0 Å². The van der Waals surface area contributed by atoms with Crippen molar-refractivity contribution in [3.63, 3.8) is 0 Å². The van der Waals surface area contributed by atoms with Crippen molar-refractivity contribution in [1.82, 2.24) is 10.2 Å². The number of rotatable bonds is 5. The minimum absolute atomic E-state index is 0.397.